The molecule has 0 N–H and O–H groups in total. The van der Waals surface area contributed by atoms with E-state index >= 15 is 0 Å². The Labute approximate surface area is 116 Å². The maximum atomic E-state index is 4.74. The average Bonchev–Trinajstić information content (AvgIpc) is 2.39. The summed E-state index contributed by atoms with van der Waals surface area (Å²) in [5.74, 6) is 0. The highest BCUT2D eigenvalue weighted by Gasteiger charge is 2.17. The molecule has 2 heteroatoms. The second kappa shape index (κ2) is 4.69. The third-order valence-corrected chi connectivity index (χ3v) is 3.87. The molecule has 2 aromatic rings. The highest BCUT2D eigenvalue weighted by atomic mass is 79.9. The van der Waals surface area contributed by atoms with Crippen LogP contribution < -0.4 is 0 Å². The molecule has 0 atom stereocenters. The van der Waals surface area contributed by atoms with Gasteiger partial charge in [-0.1, -0.05) is 46.3 Å². The summed E-state index contributed by atoms with van der Waals surface area (Å²) in [4.78, 5) is 4.74. The molecule has 0 amide bonds. The monoisotopic (exact) mass is 299 g/mol. The number of aliphatic imine (C=N–C) groups is 1. The van der Waals surface area contributed by atoms with Gasteiger partial charge >= 0.3 is 0 Å². The van der Waals surface area contributed by atoms with E-state index in [2.05, 4.69) is 65.3 Å². The molecule has 3 rings (SSSR count). The van der Waals surface area contributed by atoms with Crippen molar-refractivity contribution in [1.82, 2.24) is 0 Å². The van der Waals surface area contributed by atoms with Gasteiger partial charge in [0.2, 0.25) is 0 Å². The first kappa shape index (κ1) is 11.7. The standard InChI is InChI=1S/C16H14BrN/c1-11-4-2-3-5-14(11)16-15-10-13(17)7-6-12(15)8-9-18-16/h2-7,10H,8-9H2,1H3. The minimum Gasteiger partial charge on any atom is -0.284 e. The quantitative estimate of drug-likeness (QED) is 0.750. The van der Waals surface area contributed by atoms with Crippen LogP contribution in [0.4, 0.5) is 0 Å². The average molecular weight is 300 g/mol. The van der Waals surface area contributed by atoms with Crippen molar-refractivity contribution in [3.8, 4) is 0 Å². The van der Waals surface area contributed by atoms with E-state index in [0.717, 1.165) is 23.1 Å². The first-order chi connectivity index (χ1) is 8.75. The summed E-state index contributed by atoms with van der Waals surface area (Å²) in [7, 11) is 0. The van der Waals surface area contributed by atoms with Crippen molar-refractivity contribution in [2.24, 2.45) is 4.99 Å². The largest absolute Gasteiger partial charge is 0.284 e. The summed E-state index contributed by atoms with van der Waals surface area (Å²) in [6.45, 7) is 3.03. The molecule has 1 aliphatic heterocycles. The third kappa shape index (κ3) is 2.01. The summed E-state index contributed by atoms with van der Waals surface area (Å²) in [6.07, 6.45) is 1.04. The normalized spacial score (nSPS) is 14.0. The van der Waals surface area contributed by atoms with Gasteiger partial charge in [-0.2, -0.15) is 0 Å². The highest BCUT2D eigenvalue weighted by Crippen LogP contribution is 2.25. The van der Waals surface area contributed by atoms with Gasteiger partial charge in [0, 0.05) is 22.1 Å². The lowest BCUT2D eigenvalue weighted by atomic mass is 9.91. The maximum absolute atomic E-state index is 4.74. The van der Waals surface area contributed by atoms with E-state index in [-0.39, 0.29) is 0 Å². The first-order valence-electron chi connectivity index (χ1n) is 6.15. The smallest absolute Gasteiger partial charge is 0.0724 e. The van der Waals surface area contributed by atoms with E-state index in [1.165, 1.54) is 22.3 Å². The third-order valence-electron chi connectivity index (χ3n) is 3.38. The zero-order valence-corrected chi connectivity index (χ0v) is 11.9. The van der Waals surface area contributed by atoms with Gasteiger partial charge in [0.1, 0.15) is 0 Å². The van der Waals surface area contributed by atoms with E-state index in [0.29, 0.717) is 0 Å². The topological polar surface area (TPSA) is 12.4 Å². The fraction of sp³-hybridized carbons (Fsp3) is 0.188. The number of halogens is 1. The van der Waals surface area contributed by atoms with Crippen molar-refractivity contribution in [1.29, 1.82) is 0 Å². The number of hydrogen-bond acceptors (Lipinski definition) is 1. The molecule has 0 bridgehead atoms. The zero-order valence-electron chi connectivity index (χ0n) is 10.3. The molecule has 0 saturated heterocycles. The van der Waals surface area contributed by atoms with Crippen molar-refractivity contribution in [3.05, 3.63) is 69.2 Å². The van der Waals surface area contributed by atoms with E-state index < -0.39 is 0 Å². The predicted octanol–water partition coefficient (Wildman–Crippen LogP) is 4.15. The summed E-state index contributed by atoms with van der Waals surface area (Å²) in [5, 5.41) is 0. The van der Waals surface area contributed by atoms with Crippen molar-refractivity contribution in [2.45, 2.75) is 13.3 Å². The molecule has 18 heavy (non-hydrogen) atoms. The number of benzene rings is 2. The van der Waals surface area contributed by atoms with Gasteiger partial charge in [-0.05, 0) is 36.6 Å². The van der Waals surface area contributed by atoms with Crippen molar-refractivity contribution in [2.75, 3.05) is 6.54 Å². The molecule has 0 aromatic heterocycles. The lowest BCUT2D eigenvalue weighted by molar-refractivity contribution is 0.943. The van der Waals surface area contributed by atoms with Crippen LogP contribution in [0.3, 0.4) is 0 Å². The lowest BCUT2D eigenvalue weighted by Crippen LogP contribution is -2.15. The zero-order chi connectivity index (χ0) is 12.5. The second-order valence-electron chi connectivity index (χ2n) is 4.60. The molecule has 1 aliphatic rings. The fourth-order valence-corrected chi connectivity index (χ4v) is 2.79. The van der Waals surface area contributed by atoms with Crippen molar-refractivity contribution in [3.63, 3.8) is 0 Å². The maximum Gasteiger partial charge on any atom is 0.0724 e. The van der Waals surface area contributed by atoms with Crippen LogP contribution in [0.2, 0.25) is 0 Å². The van der Waals surface area contributed by atoms with Crippen LogP contribution in [-0.4, -0.2) is 12.3 Å². The number of nitrogens with zero attached hydrogens (tertiary/aromatic N) is 1. The summed E-state index contributed by atoms with van der Waals surface area (Å²) < 4.78 is 1.12. The molecule has 90 valence electrons. The Kier molecular flexibility index (Phi) is 3.04. The molecule has 0 fully saturated rings. The van der Waals surface area contributed by atoms with E-state index in [1.54, 1.807) is 0 Å². The molecule has 0 aliphatic carbocycles. The van der Waals surface area contributed by atoms with E-state index in [9.17, 15) is 0 Å². The van der Waals surface area contributed by atoms with Crippen LogP contribution in [-0.2, 0) is 6.42 Å². The Morgan fingerprint density at radius 2 is 1.89 bits per heavy atom. The molecule has 0 unspecified atom stereocenters. The van der Waals surface area contributed by atoms with Gasteiger partial charge in [-0.3, -0.25) is 4.99 Å². The van der Waals surface area contributed by atoms with Crippen LogP contribution in [0.1, 0.15) is 22.3 Å². The molecule has 0 spiro atoms. The van der Waals surface area contributed by atoms with Crippen molar-refractivity contribution >= 4 is 21.6 Å². The Morgan fingerprint density at radius 1 is 1.06 bits per heavy atom. The number of rotatable bonds is 1. The van der Waals surface area contributed by atoms with E-state index in [1.807, 2.05) is 0 Å². The van der Waals surface area contributed by atoms with Gasteiger partial charge in [0.05, 0.1) is 5.71 Å². The molecule has 0 radical (unpaired) electrons. The Morgan fingerprint density at radius 3 is 2.72 bits per heavy atom. The molecular formula is C16H14BrN. The van der Waals surface area contributed by atoms with Crippen LogP contribution >= 0.6 is 15.9 Å². The predicted molar refractivity (Wildman–Crippen MR) is 79.5 cm³/mol. The molecule has 0 saturated carbocycles. The van der Waals surface area contributed by atoms with Gasteiger partial charge in [0.25, 0.3) is 0 Å². The van der Waals surface area contributed by atoms with Gasteiger partial charge in [-0.25, -0.2) is 0 Å². The van der Waals surface area contributed by atoms with Gasteiger partial charge in [-0.15, -0.1) is 0 Å². The Hall–Kier alpha value is -1.41. The molecule has 2 aromatic carbocycles. The Bertz CT molecular complexity index is 629. The van der Waals surface area contributed by atoms with Crippen LogP contribution in [0.5, 0.6) is 0 Å². The molecule has 1 nitrogen and oxygen atoms in total. The SMILES string of the molecule is Cc1ccccc1C1=NCCc2ccc(Br)cc21. The summed E-state index contributed by atoms with van der Waals surface area (Å²) in [5.41, 5.74) is 6.33. The van der Waals surface area contributed by atoms with Gasteiger partial charge in [0.15, 0.2) is 0 Å². The summed E-state index contributed by atoms with van der Waals surface area (Å²) in [6, 6.07) is 14.9. The van der Waals surface area contributed by atoms with Gasteiger partial charge < -0.3 is 0 Å². The number of fused-ring (bicyclic) bond motifs is 1. The highest BCUT2D eigenvalue weighted by molar-refractivity contribution is 9.10. The fourth-order valence-electron chi connectivity index (χ4n) is 2.43. The van der Waals surface area contributed by atoms with Crippen LogP contribution in [0.15, 0.2) is 51.9 Å². The van der Waals surface area contributed by atoms with E-state index in [4.69, 9.17) is 4.99 Å². The minimum atomic E-state index is 0.887. The first-order valence-corrected chi connectivity index (χ1v) is 6.94. The summed E-state index contributed by atoms with van der Waals surface area (Å²) >= 11 is 3.55. The lowest BCUT2D eigenvalue weighted by Gasteiger charge is -2.18. The Balaban J connectivity index is 2.18. The molecule has 1 heterocycles. The second-order valence-corrected chi connectivity index (χ2v) is 5.51. The van der Waals surface area contributed by atoms with Crippen LogP contribution in [0, 0.1) is 6.92 Å². The minimum absolute atomic E-state index is 0.887. The molecular weight excluding hydrogens is 286 g/mol. The van der Waals surface area contributed by atoms with Crippen molar-refractivity contribution < 1.29 is 0 Å². The number of hydrogen-bond donors (Lipinski definition) is 0. The van der Waals surface area contributed by atoms with Crippen LogP contribution in [0.25, 0.3) is 0 Å². The number of aryl methyl sites for hydroxylation is 1.